The molecule has 4 unspecified atom stereocenters. The van der Waals surface area contributed by atoms with Gasteiger partial charge < -0.3 is 9.64 Å². The lowest BCUT2D eigenvalue weighted by atomic mass is 10.0. The second-order valence-corrected chi connectivity index (χ2v) is 6.54. The summed E-state index contributed by atoms with van der Waals surface area (Å²) in [4.78, 5) is 14.5. The summed E-state index contributed by atoms with van der Waals surface area (Å²) in [6, 6.07) is 0. The molecule has 0 radical (unpaired) electrons. The van der Waals surface area contributed by atoms with Crippen LogP contribution in [0.1, 0.15) is 26.2 Å². The first-order valence-electron chi connectivity index (χ1n) is 6.67. The van der Waals surface area contributed by atoms with E-state index >= 15 is 0 Å². The number of ether oxygens (including phenoxy) is 1. The maximum Gasteiger partial charge on any atom is 0.225 e. The van der Waals surface area contributed by atoms with Crippen LogP contribution in [0.4, 0.5) is 0 Å². The SMILES string of the molecule is CC1CN(C(=O)C2CC3CC3C2)CC(CBr)O1. The normalized spacial score (nSPS) is 44.6. The number of rotatable bonds is 2. The van der Waals surface area contributed by atoms with Crippen molar-refractivity contribution in [3.63, 3.8) is 0 Å². The summed E-state index contributed by atoms with van der Waals surface area (Å²) in [7, 11) is 0. The van der Waals surface area contributed by atoms with Gasteiger partial charge in [-0.25, -0.2) is 0 Å². The number of halogens is 1. The van der Waals surface area contributed by atoms with Crippen molar-refractivity contribution in [1.29, 1.82) is 0 Å². The van der Waals surface area contributed by atoms with Crippen molar-refractivity contribution in [2.75, 3.05) is 18.4 Å². The molecule has 0 N–H and O–H groups in total. The second-order valence-electron chi connectivity index (χ2n) is 5.89. The minimum atomic E-state index is 0.165. The Hall–Kier alpha value is -0.0900. The highest BCUT2D eigenvalue weighted by Gasteiger charge is 2.49. The fourth-order valence-corrected chi connectivity index (χ4v) is 3.84. The third-order valence-corrected chi connectivity index (χ3v) is 5.13. The molecule has 3 aliphatic rings. The zero-order valence-electron chi connectivity index (χ0n) is 10.3. The quantitative estimate of drug-likeness (QED) is 0.731. The lowest BCUT2D eigenvalue weighted by Crippen LogP contribution is -2.51. The van der Waals surface area contributed by atoms with Crippen molar-refractivity contribution in [2.24, 2.45) is 17.8 Å². The molecule has 3 rings (SSSR count). The van der Waals surface area contributed by atoms with Gasteiger partial charge in [0.25, 0.3) is 0 Å². The number of nitrogens with zero attached hydrogens (tertiary/aromatic N) is 1. The Morgan fingerprint density at radius 3 is 2.65 bits per heavy atom. The Balaban J connectivity index is 1.60. The molecule has 4 atom stereocenters. The maximum absolute atomic E-state index is 12.4. The van der Waals surface area contributed by atoms with E-state index in [1.54, 1.807) is 0 Å². The van der Waals surface area contributed by atoms with Gasteiger partial charge in [-0.3, -0.25) is 4.79 Å². The van der Waals surface area contributed by atoms with E-state index in [1.165, 1.54) is 6.42 Å². The first kappa shape index (κ1) is 12.0. The van der Waals surface area contributed by atoms with Crippen molar-refractivity contribution >= 4 is 21.8 Å². The van der Waals surface area contributed by atoms with Crippen molar-refractivity contribution < 1.29 is 9.53 Å². The smallest absolute Gasteiger partial charge is 0.225 e. The van der Waals surface area contributed by atoms with Crippen LogP contribution >= 0.6 is 15.9 Å². The number of carbonyl (C=O) groups is 1. The van der Waals surface area contributed by atoms with E-state index in [1.807, 2.05) is 4.90 Å². The van der Waals surface area contributed by atoms with Gasteiger partial charge in [0, 0.05) is 24.3 Å². The molecule has 1 saturated heterocycles. The van der Waals surface area contributed by atoms with Gasteiger partial charge in [-0.2, -0.15) is 0 Å². The molecule has 0 bridgehead atoms. The van der Waals surface area contributed by atoms with Gasteiger partial charge in [-0.15, -0.1) is 0 Å². The molecule has 0 aromatic carbocycles. The van der Waals surface area contributed by atoms with E-state index in [0.29, 0.717) is 11.8 Å². The highest BCUT2D eigenvalue weighted by Crippen LogP contribution is 2.54. The molecule has 2 aliphatic carbocycles. The molecule has 3 fully saturated rings. The fourth-order valence-electron chi connectivity index (χ4n) is 3.49. The van der Waals surface area contributed by atoms with Gasteiger partial charge in [0.15, 0.2) is 0 Å². The lowest BCUT2D eigenvalue weighted by Gasteiger charge is -2.37. The van der Waals surface area contributed by atoms with Crippen LogP contribution in [0.5, 0.6) is 0 Å². The Labute approximate surface area is 111 Å². The first-order chi connectivity index (χ1) is 8.17. The van der Waals surface area contributed by atoms with E-state index in [9.17, 15) is 4.79 Å². The highest BCUT2D eigenvalue weighted by molar-refractivity contribution is 9.09. The van der Waals surface area contributed by atoms with Crippen molar-refractivity contribution in [1.82, 2.24) is 4.90 Å². The number of morpholine rings is 1. The predicted octanol–water partition coefficient (Wildman–Crippen LogP) is 2.04. The molecule has 0 spiro atoms. The molecule has 4 heteroatoms. The summed E-state index contributed by atoms with van der Waals surface area (Å²) in [6.07, 6.45) is 4.01. The first-order valence-corrected chi connectivity index (χ1v) is 7.79. The minimum absolute atomic E-state index is 0.165. The van der Waals surface area contributed by atoms with Crippen LogP contribution in [0, 0.1) is 17.8 Å². The van der Waals surface area contributed by atoms with Crippen molar-refractivity contribution in [2.45, 2.75) is 38.4 Å². The van der Waals surface area contributed by atoms with Crippen molar-refractivity contribution in [3.8, 4) is 0 Å². The van der Waals surface area contributed by atoms with E-state index in [4.69, 9.17) is 4.74 Å². The minimum Gasteiger partial charge on any atom is -0.371 e. The molecule has 96 valence electrons. The number of fused-ring (bicyclic) bond motifs is 1. The summed E-state index contributed by atoms with van der Waals surface area (Å²) >= 11 is 3.45. The number of hydrogen-bond acceptors (Lipinski definition) is 2. The van der Waals surface area contributed by atoms with Crippen molar-refractivity contribution in [3.05, 3.63) is 0 Å². The fraction of sp³-hybridized carbons (Fsp3) is 0.923. The van der Waals surface area contributed by atoms with Gasteiger partial charge in [-0.1, -0.05) is 15.9 Å². The van der Waals surface area contributed by atoms with Gasteiger partial charge in [-0.05, 0) is 38.0 Å². The Kier molecular flexibility index (Phi) is 3.20. The van der Waals surface area contributed by atoms with Gasteiger partial charge in [0.2, 0.25) is 5.91 Å². The Morgan fingerprint density at radius 1 is 1.29 bits per heavy atom. The molecule has 1 amide bonds. The van der Waals surface area contributed by atoms with Crippen LogP contribution in [0.2, 0.25) is 0 Å². The monoisotopic (exact) mass is 301 g/mol. The number of hydrogen-bond donors (Lipinski definition) is 0. The van der Waals surface area contributed by atoms with Crippen LogP contribution in [0.15, 0.2) is 0 Å². The van der Waals surface area contributed by atoms with Crippen LogP contribution in [-0.4, -0.2) is 41.4 Å². The summed E-state index contributed by atoms with van der Waals surface area (Å²) < 4.78 is 5.77. The zero-order valence-corrected chi connectivity index (χ0v) is 11.9. The molecule has 1 heterocycles. The molecular weight excluding hydrogens is 282 g/mol. The van der Waals surface area contributed by atoms with E-state index < -0.39 is 0 Å². The summed E-state index contributed by atoms with van der Waals surface area (Å²) in [5, 5.41) is 0.817. The second kappa shape index (κ2) is 4.54. The summed E-state index contributed by atoms with van der Waals surface area (Å²) in [5.41, 5.74) is 0. The molecule has 0 aromatic heterocycles. The van der Waals surface area contributed by atoms with Gasteiger partial charge >= 0.3 is 0 Å². The third-order valence-electron chi connectivity index (χ3n) is 4.40. The van der Waals surface area contributed by atoms with Crippen LogP contribution in [-0.2, 0) is 9.53 Å². The number of amides is 1. The largest absolute Gasteiger partial charge is 0.371 e. The standard InChI is InChI=1S/C13H20BrNO2/c1-8-6-15(7-12(5-14)17-8)13(16)11-3-9-2-10(9)4-11/h8-12H,2-7H2,1H3. The average Bonchev–Trinajstić information content (AvgIpc) is 2.94. The van der Waals surface area contributed by atoms with Gasteiger partial charge in [0.1, 0.15) is 0 Å². The molecule has 17 heavy (non-hydrogen) atoms. The molecular formula is C13H20BrNO2. The van der Waals surface area contributed by atoms with Crippen LogP contribution < -0.4 is 0 Å². The van der Waals surface area contributed by atoms with E-state index in [-0.39, 0.29) is 12.2 Å². The van der Waals surface area contributed by atoms with E-state index in [0.717, 1.165) is 43.1 Å². The highest BCUT2D eigenvalue weighted by atomic mass is 79.9. The van der Waals surface area contributed by atoms with Crippen LogP contribution in [0.25, 0.3) is 0 Å². The zero-order chi connectivity index (χ0) is 12.0. The number of alkyl halides is 1. The molecule has 0 aromatic rings. The average molecular weight is 302 g/mol. The predicted molar refractivity (Wildman–Crippen MR) is 69.0 cm³/mol. The van der Waals surface area contributed by atoms with Crippen LogP contribution in [0.3, 0.4) is 0 Å². The molecule has 3 nitrogen and oxygen atoms in total. The molecule has 1 aliphatic heterocycles. The number of carbonyl (C=O) groups excluding carboxylic acids is 1. The van der Waals surface area contributed by atoms with E-state index in [2.05, 4.69) is 22.9 Å². The summed E-state index contributed by atoms with van der Waals surface area (Å²) in [6.45, 7) is 3.59. The Morgan fingerprint density at radius 2 is 2.00 bits per heavy atom. The molecule has 2 saturated carbocycles. The maximum atomic E-state index is 12.4. The topological polar surface area (TPSA) is 29.5 Å². The Bertz CT molecular complexity index is 313. The third kappa shape index (κ3) is 2.39. The van der Waals surface area contributed by atoms with Gasteiger partial charge in [0.05, 0.1) is 12.2 Å². The lowest BCUT2D eigenvalue weighted by molar-refractivity contribution is -0.147. The summed E-state index contributed by atoms with van der Waals surface area (Å²) in [5.74, 6) is 2.47.